The lowest BCUT2D eigenvalue weighted by molar-refractivity contribution is -0.141. The summed E-state index contributed by atoms with van der Waals surface area (Å²) >= 11 is 0. The van der Waals surface area contributed by atoms with E-state index in [1.54, 1.807) is 17.0 Å². The predicted octanol–water partition coefficient (Wildman–Crippen LogP) is 4.09. The van der Waals surface area contributed by atoms with Gasteiger partial charge in [-0.2, -0.15) is 0 Å². The number of hydrogen-bond donors (Lipinski definition) is 1. The van der Waals surface area contributed by atoms with Gasteiger partial charge in [-0.05, 0) is 48.6 Å². The van der Waals surface area contributed by atoms with Crippen LogP contribution in [0.3, 0.4) is 0 Å². The Balaban J connectivity index is 1.56. The molecule has 0 spiro atoms. The molecule has 210 valence electrons. The quantitative estimate of drug-likeness (QED) is 0.359. The first-order valence-electron chi connectivity index (χ1n) is 13.6. The van der Waals surface area contributed by atoms with E-state index in [1.165, 1.54) is 12.1 Å². The zero-order chi connectivity index (χ0) is 28.7. The van der Waals surface area contributed by atoms with Crippen LogP contribution in [0.2, 0.25) is 0 Å². The molecule has 1 atom stereocenters. The summed E-state index contributed by atoms with van der Waals surface area (Å²) in [5.74, 6) is -1.10. The lowest BCUT2D eigenvalue weighted by atomic mass is 10.0. The molecule has 0 fully saturated rings. The van der Waals surface area contributed by atoms with Crippen LogP contribution in [0.1, 0.15) is 53.2 Å². The van der Waals surface area contributed by atoms with Crippen LogP contribution in [0.4, 0.5) is 0 Å². The van der Waals surface area contributed by atoms with Gasteiger partial charge in [0.15, 0.2) is 0 Å². The molecule has 3 amide bonds. The molecule has 1 N–H and O–H groups in total. The van der Waals surface area contributed by atoms with Gasteiger partial charge < -0.3 is 10.2 Å². The molecule has 1 heterocycles. The molecule has 0 aromatic heterocycles. The molecular formula is C31H35N3O5S. The molecule has 0 bridgehead atoms. The second kappa shape index (κ2) is 12.9. The zero-order valence-electron chi connectivity index (χ0n) is 22.9. The Hall–Kier alpha value is -3.98. The first-order valence-corrected chi connectivity index (χ1v) is 15.0. The molecule has 0 radical (unpaired) electrons. The van der Waals surface area contributed by atoms with Gasteiger partial charge in [0.25, 0.3) is 15.9 Å². The number of amides is 3. The van der Waals surface area contributed by atoms with Crippen molar-refractivity contribution in [1.82, 2.24) is 14.5 Å². The van der Waals surface area contributed by atoms with Gasteiger partial charge >= 0.3 is 0 Å². The summed E-state index contributed by atoms with van der Waals surface area (Å²) < 4.78 is 26.7. The fourth-order valence-electron chi connectivity index (χ4n) is 4.86. The number of carbonyl (C=O) groups excluding carboxylic acids is 3. The highest BCUT2D eigenvalue weighted by molar-refractivity contribution is 7.90. The number of sulfonamides is 1. The van der Waals surface area contributed by atoms with Gasteiger partial charge in [0, 0.05) is 32.5 Å². The number of fused-ring (bicyclic) bond motifs is 1. The SMILES string of the molecule is CCCNC(=O)[C@@H](Cc1ccccc1)N(Cc1ccccc1C)C(=O)CCCN1C(=O)c2ccccc2S1(=O)=O. The third-order valence-corrected chi connectivity index (χ3v) is 8.93. The van der Waals surface area contributed by atoms with Gasteiger partial charge in [0.05, 0.1) is 5.56 Å². The summed E-state index contributed by atoms with van der Waals surface area (Å²) in [7, 11) is -3.95. The lowest BCUT2D eigenvalue weighted by Crippen LogP contribution is -2.50. The Morgan fingerprint density at radius 2 is 1.62 bits per heavy atom. The number of aryl methyl sites for hydroxylation is 1. The Morgan fingerprint density at radius 1 is 0.950 bits per heavy atom. The van der Waals surface area contributed by atoms with Gasteiger partial charge in [-0.3, -0.25) is 14.4 Å². The third kappa shape index (κ3) is 6.42. The molecule has 8 nitrogen and oxygen atoms in total. The summed E-state index contributed by atoms with van der Waals surface area (Å²) in [4.78, 5) is 41.6. The van der Waals surface area contributed by atoms with Crippen molar-refractivity contribution in [3.63, 3.8) is 0 Å². The van der Waals surface area contributed by atoms with Crippen molar-refractivity contribution in [3.05, 3.63) is 101 Å². The summed E-state index contributed by atoms with van der Waals surface area (Å²) in [6, 6.07) is 22.6. The number of benzene rings is 3. The fraction of sp³-hybridized carbons (Fsp3) is 0.323. The maximum Gasteiger partial charge on any atom is 0.269 e. The van der Waals surface area contributed by atoms with Crippen LogP contribution in [0.5, 0.6) is 0 Å². The van der Waals surface area contributed by atoms with Crippen molar-refractivity contribution in [2.75, 3.05) is 13.1 Å². The number of rotatable bonds is 12. The number of nitrogens with one attached hydrogen (secondary N) is 1. The highest BCUT2D eigenvalue weighted by Crippen LogP contribution is 2.30. The van der Waals surface area contributed by atoms with E-state index >= 15 is 0 Å². The van der Waals surface area contributed by atoms with Gasteiger partial charge in [-0.25, -0.2) is 12.7 Å². The third-order valence-electron chi connectivity index (χ3n) is 7.09. The fourth-order valence-corrected chi connectivity index (χ4v) is 6.47. The topological polar surface area (TPSA) is 104 Å². The molecule has 0 aliphatic carbocycles. The van der Waals surface area contributed by atoms with E-state index < -0.39 is 22.0 Å². The molecule has 3 aromatic rings. The van der Waals surface area contributed by atoms with Gasteiger partial charge in [0.2, 0.25) is 11.8 Å². The van der Waals surface area contributed by atoms with Crippen LogP contribution >= 0.6 is 0 Å². The Kier molecular flexibility index (Phi) is 9.37. The van der Waals surface area contributed by atoms with E-state index in [1.807, 2.05) is 68.4 Å². The highest BCUT2D eigenvalue weighted by Gasteiger charge is 2.40. The largest absolute Gasteiger partial charge is 0.354 e. The van der Waals surface area contributed by atoms with Crippen LogP contribution in [0, 0.1) is 6.92 Å². The standard InChI is InChI=1S/C31H35N3O5S/c1-3-19-32-30(36)27(21-24-13-5-4-6-14-24)33(22-25-15-8-7-12-23(25)2)29(35)18-11-20-34-31(37)26-16-9-10-17-28(26)40(34,38)39/h4-10,12-17,27H,3,11,18-22H2,1-2H3,(H,32,36)/t27-/m1/s1. The van der Waals surface area contributed by atoms with E-state index in [0.29, 0.717) is 13.0 Å². The van der Waals surface area contributed by atoms with Crippen molar-refractivity contribution in [2.45, 2.75) is 57.0 Å². The molecule has 1 aliphatic rings. The average molecular weight is 562 g/mol. The molecule has 9 heteroatoms. The van der Waals surface area contributed by atoms with Crippen molar-refractivity contribution in [1.29, 1.82) is 0 Å². The minimum absolute atomic E-state index is 0.0111. The minimum Gasteiger partial charge on any atom is -0.354 e. The first-order chi connectivity index (χ1) is 19.2. The second-order valence-electron chi connectivity index (χ2n) is 9.93. The Labute approximate surface area is 236 Å². The molecule has 0 unspecified atom stereocenters. The van der Waals surface area contributed by atoms with Crippen LogP contribution < -0.4 is 5.32 Å². The predicted molar refractivity (Wildman–Crippen MR) is 153 cm³/mol. The van der Waals surface area contributed by atoms with Crippen LogP contribution in [0.25, 0.3) is 0 Å². The maximum atomic E-state index is 13.8. The van der Waals surface area contributed by atoms with E-state index in [-0.39, 0.29) is 48.2 Å². The monoisotopic (exact) mass is 561 g/mol. The molecule has 4 rings (SSSR count). The van der Waals surface area contributed by atoms with Crippen LogP contribution in [0.15, 0.2) is 83.8 Å². The summed E-state index contributed by atoms with van der Waals surface area (Å²) in [5.41, 5.74) is 2.99. The van der Waals surface area contributed by atoms with E-state index in [9.17, 15) is 22.8 Å². The number of nitrogens with zero attached hydrogens (tertiary/aromatic N) is 2. The minimum atomic E-state index is -3.95. The van der Waals surface area contributed by atoms with Crippen molar-refractivity contribution in [3.8, 4) is 0 Å². The highest BCUT2D eigenvalue weighted by atomic mass is 32.2. The summed E-state index contributed by atoms with van der Waals surface area (Å²) in [5, 5.41) is 2.95. The Bertz CT molecular complexity index is 1470. The van der Waals surface area contributed by atoms with Crippen LogP contribution in [-0.4, -0.2) is 54.5 Å². The van der Waals surface area contributed by atoms with Crippen molar-refractivity contribution >= 4 is 27.7 Å². The smallest absolute Gasteiger partial charge is 0.269 e. The number of carbonyl (C=O) groups is 3. The zero-order valence-corrected chi connectivity index (χ0v) is 23.7. The maximum absolute atomic E-state index is 13.8. The summed E-state index contributed by atoms with van der Waals surface area (Å²) in [6.07, 6.45) is 1.21. The average Bonchev–Trinajstić information content (AvgIpc) is 3.15. The molecule has 0 saturated carbocycles. The van der Waals surface area contributed by atoms with Gasteiger partial charge in [-0.15, -0.1) is 0 Å². The lowest BCUT2D eigenvalue weighted by Gasteiger charge is -2.32. The molecule has 0 saturated heterocycles. The van der Waals surface area contributed by atoms with E-state index in [2.05, 4.69) is 5.32 Å². The van der Waals surface area contributed by atoms with Crippen molar-refractivity contribution < 1.29 is 22.8 Å². The molecular weight excluding hydrogens is 526 g/mol. The number of hydrogen-bond acceptors (Lipinski definition) is 5. The molecule has 40 heavy (non-hydrogen) atoms. The summed E-state index contributed by atoms with van der Waals surface area (Å²) in [6.45, 7) is 4.53. The molecule has 3 aromatic carbocycles. The van der Waals surface area contributed by atoms with Crippen LogP contribution in [-0.2, 0) is 32.6 Å². The Morgan fingerprint density at radius 3 is 2.33 bits per heavy atom. The first kappa shape index (κ1) is 29.0. The van der Waals surface area contributed by atoms with Gasteiger partial charge in [0.1, 0.15) is 10.9 Å². The van der Waals surface area contributed by atoms with E-state index in [4.69, 9.17) is 0 Å². The second-order valence-corrected chi connectivity index (χ2v) is 11.8. The molecule has 1 aliphatic heterocycles. The normalized spacial score (nSPS) is 14.4. The van der Waals surface area contributed by atoms with E-state index in [0.717, 1.165) is 27.4 Å². The van der Waals surface area contributed by atoms with Gasteiger partial charge in [-0.1, -0.05) is 73.7 Å². The van der Waals surface area contributed by atoms with Crippen molar-refractivity contribution in [2.24, 2.45) is 0 Å².